The van der Waals surface area contributed by atoms with E-state index in [1.165, 1.54) is 4.90 Å². The molecule has 104 valence electrons. The lowest BCUT2D eigenvalue weighted by Crippen LogP contribution is -2.46. The van der Waals surface area contributed by atoms with E-state index in [1.807, 2.05) is 0 Å². The maximum absolute atomic E-state index is 13.1. The van der Waals surface area contributed by atoms with Gasteiger partial charge in [0.15, 0.2) is 0 Å². The minimum absolute atomic E-state index is 0.104. The zero-order valence-electron chi connectivity index (χ0n) is 10.0. The molecule has 0 spiro atoms. The summed E-state index contributed by atoms with van der Waals surface area (Å²) in [5.41, 5.74) is 0. The number of nitrogens with zero attached hydrogens (tertiary/aromatic N) is 1. The SMILES string of the molecule is O=C1CCCC1C1CCCN1CC(F)(F)C(F)F. The first-order valence-electron chi connectivity index (χ1n) is 6.34. The molecule has 1 heterocycles. The van der Waals surface area contributed by atoms with Gasteiger partial charge in [-0.15, -0.1) is 0 Å². The molecular weight excluding hydrogens is 250 g/mol. The van der Waals surface area contributed by atoms with Crippen LogP contribution in [0, 0.1) is 5.92 Å². The van der Waals surface area contributed by atoms with Crippen LogP contribution in [0.4, 0.5) is 17.6 Å². The van der Waals surface area contributed by atoms with Gasteiger partial charge in [0.2, 0.25) is 0 Å². The summed E-state index contributed by atoms with van der Waals surface area (Å²) in [6.45, 7) is -0.546. The predicted octanol–water partition coefficient (Wildman–Crippen LogP) is 2.72. The van der Waals surface area contributed by atoms with E-state index in [1.54, 1.807) is 0 Å². The van der Waals surface area contributed by atoms with Gasteiger partial charge in [-0.1, -0.05) is 0 Å². The third kappa shape index (κ3) is 2.68. The van der Waals surface area contributed by atoms with Crippen LogP contribution in [0.5, 0.6) is 0 Å². The van der Waals surface area contributed by atoms with E-state index in [2.05, 4.69) is 0 Å². The minimum Gasteiger partial charge on any atom is -0.299 e. The number of Topliss-reactive ketones (excluding diaryl/α,β-unsaturated/α-hetero) is 1. The molecule has 1 aliphatic heterocycles. The summed E-state index contributed by atoms with van der Waals surface area (Å²) in [6.07, 6.45) is -0.277. The van der Waals surface area contributed by atoms with Crippen molar-refractivity contribution < 1.29 is 22.4 Å². The molecule has 0 radical (unpaired) electrons. The van der Waals surface area contributed by atoms with Gasteiger partial charge in [-0.3, -0.25) is 9.69 Å². The fourth-order valence-electron chi connectivity index (χ4n) is 3.09. The molecule has 2 unspecified atom stereocenters. The molecule has 0 aromatic heterocycles. The van der Waals surface area contributed by atoms with Crippen LogP contribution in [0.3, 0.4) is 0 Å². The first kappa shape index (κ1) is 13.8. The van der Waals surface area contributed by atoms with Crippen molar-refractivity contribution in [2.75, 3.05) is 13.1 Å². The Balaban J connectivity index is 2.01. The molecule has 0 bridgehead atoms. The Morgan fingerprint density at radius 1 is 1.28 bits per heavy atom. The summed E-state index contributed by atoms with van der Waals surface area (Å²) in [4.78, 5) is 13.0. The van der Waals surface area contributed by atoms with Gasteiger partial charge in [-0.05, 0) is 32.2 Å². The molecule has 18 heavy (non-hydrogen) atoms. The molecule has 1 saturated carbocycles. The molecule has 1 aliphatic carbocycles. The lowest BCUT2D eigenvalue weighted by molar-refractivity contribution is -0.146. The zero-order chi connectivity index (χ0) is 13.3. The predicted molar refractivity (Wildman–Crippen MR) is 57.9 cm³/mol. The van der Waals surface area contributed by atoms with Crippen molar-refractivity contribution >= 4 is 5.78 Å². The number of carbonyl (C=O) groups is 1. The van der Waals surface area contributed by atoms with E-state index in [0.717, 1.165) is 6.42 Å². The summed E-state index contributed by atoms with van der Waals surface area (Å²) < 4.78 is 50.6. The number of halogens is 4. The van der Waals surface area contributed by atoms with E-state index in [4.69, 9.17) is 0 Å². The molecule has 0 aromatic rings. The average Bonchev–Trinajstić information content (AvgIpc) is 2.86. The molecule has 0 aromatic carbocycles. The van der Waals surface area contributed by atoms with E-state index in [9.17, 15) is 22.4 Å². The van der Waals surface area contributed by atoms with Gasteiger partial charge in [0.1, 0.15) is 5.78 Å². The molecule has 1 saturated heterocycles. The molecule has 2 nitrogen and oxygen atoms in total. The van der Waals surface area contributed by atoms with Gasteiger partial charge in [0.25, 0.3) is 0 Å². The van der Waals surface area contributed by atoms with E-state index in [-0.39, 0.29) is 17.7 Å². The highest BCUT2D eigenvalue weighted by atomic mass is 19.3. The van der Waals surface area contributed by atoms with Crippen molar-refractivity contribution in [2.45, 2.75) is 50.5 Å². The molecular formula is C12H17F4NO. The van der Waals surface area contributed by atoms with Crippen LogP contribution in [0.2, 0.25) is 0 Å². The lowest BCUT2D eigenvalue weighted by Gasteiger charge is -2.31. The first-order valence-corrected chi connectivity index (χ1v) is 6.34. The number of ketones is 1. The van der Waals surface area contributed by atoms with Gasteiger partial charge >= 0.3 is 12.3 Å². The molecule has 2 fully saturated rings. The molecule has 2 rings (SSSR count). The van der Waals surface area contributed by atoms with Gasteiger partial charge in [-0.25, -0.2) is 8.78 Å². The smallest absolute Gasteiger partial charge is 0.299 e. The summed E-state index contributed by atoms with van der Waals surface area (Å²) in [7, 11) is 0. The molecule has 0 N–H and O–H groups in total. The normalized spacial score (nSPS) is 30.6. The summed E-state index contributed by atoms with van der Waals surface area (Å²) >= 11 is 0. The van der Waals surface area contributed by atoms with Gasteiger partial charge in [-0.2, -0.15) is 8.78 Å². The number of carbonyl (C=O) groups excluding carboxylic acids is 1. The lowest BCUT2D eigenvalue weighted by atomic mass is 9.95. The Bertz CT molecular complexity index is 321. The Morgan fingerprint density at radius 3 is 2.56 bits per heavy atom. The highest BCUT2D eigenvalue weighted by Gasteiger charge is 2.46. The van der Waals surface area contributed by atoms with Crippen molar-refractivity contribution in [1.29, 1.82) is 0 Å². The molecule has 2 atom stereocenters. The average molecular weight is 267 g/mol. The summed E-state index contributed by atoms with van der Waals surface area (Å²) in [6, 6.07) is -0.260. The van der Waals surface area contributed by atoms with Crippen LogP contribution >= 0.6 is 0 Å². The van der Waals surface area contributed by atoms with Crippen molar-refractivity contribution in [2.24, 2.45) is 5.92 Å². The van der Waals surface area contributed by atoms with Gasteiger partial charge in [0.05, 0.1) is 6.54 Å². The maximum Gasteiger partial charge on any atom is 0.319 e. The standard InChI is InChI=1S/C12H17F4NO/c13-11(14)12(15,16)7-17-6-2-4-9(17)8-3-1-5-10(8)18/h8-9,11H,1-7H2. The second-order valence-electron chi connectivity index (χ2n) is 5.21. The Labute approximate surface area is 103 Å². The Morgan fingerprint density at radius 2 is 2.00 bits per heavy atom. The fraction of sp³-hybridized carbons (Fsp3) is 0.917. The largest absolute Gasteiger partial charge is 0.319 e. The minimum atomic E-state index is -3.98. The Hall–Kier alpha value is -0.650. The van der Waals surface area contributed by atoms with Crippen LogP contribution in [0.15, 0.2) is 0 Å². The van der Waals surface area contributed by atoms with Crippen LogP contribution < -0.4 is 0 Å². The Kier molecular flexibility index (Phi) is 3.94. The monoisotopic (exact) mass is 267 g/mol. The van der Waals surface area contributed by atoms with E-state index >= 15 is 0 Å². The van der Waals surface area contributed by atoms with E-state index < -0.39 is 18.9 Å². The van der Waals surface area contributed by atoms with Crippen LogP contribution in [-0.2, 0) is 4.79 Å². The number of hydrogen-bond acceptors (Lipinski definition) is 2. The number of alkyl halides is 4. The van der Waals surface area contributed by atoms with Gasteiger partial charge in [0, 0.05) is 18.4 Å². The highest BCUT2D eigenvalue weighted by Crippen LogP contribution is 2.35. The molecule has 0 amide bonds. The molecule has 6 heteroatoms. The van der Waals surface area contributed by atoms with E-state index in [0.29, 0.717) is 32.2 Å². The van der Waals surface area contributed by atoms with Crippen molar-refractivity contribution in [3.05, 3.63) is 0 Å². The second-order valence-corrected chi connectivity index (χ2v) is 5.21. The topological polar surface area (TPSA) is 20.3 Å². The number of rotatable bonds is 4. The highest BCUT2D eigenvalue weighted by molar-refractivity contribution is 5.83. The summed E-state index contributed by atoms with van der Waals surface area (Å²) in [5, 5.41) is 0. The van der Waals surface area contributed by atoms with Crippen molar-refractivity contribution in [3.8, 4) is 0 Å². The number of hydrogen-bond donors (Lipinski definition) is 0. The quantitative estimate of drug-likeness (QED) is 0.730. The van der Waals surface area contributed by atoms with Crippen LogP contribution in [0.1, 0.15) is 32.1 Å². The van der Waals surface area contributed by atoms with Gasteiger partial charge < -0.3 is 0 Å². The van der Waals surface area contributed by atoms with Crippen molar-refractivity contribution in [3.63, 3.8) is 0 Å². The molecule has 2 aliphatic rings. The fourth-order valence-corrected chi connectivity index (χ4v) is 3.09. The summed E-state index contributed by atoms with van der Waals surface area (Å²) in [5.74, 6) is -4.10. The van der Waals surface area contributed by atoms with Crippen LogP contribution in [0.25, 0.3) is 0 Å². The maximum atomic E-state index is 13.1. The van der Waals surface area contributed by atoms with Crippen molar-refractivity contribution in [1.82, 2.24) is 4.90 Å². The van der Waals surface area contributed by atoms with Crippen LogP contribution in [-0.4, -0.2) is 42.2 Å². The second kappa shape index (κ2) is 5.15. The third-order valence-electron chi connectivity index (χ3n) is 3.96. The zero-order valence-corrected chi connectivity index (χ0v) is 10.0. The third-order valence-corrected chi connectivity index (χ3v) is 3.96. The number of likely N-dealkylation sites (tertiary alicyclic amines) is 1. The first-order chi connectivity index (χ1) is 8.42.